The molecule has 1 saturated carbocycles. The van der Waals surface area contributed by atoms with Crippen molar-refractivity contribution in [2.24, 2.45) is 5.73 Å². The SMILES string of the molecule is NC(=O)C(NCc1cccs1)c1ccccc1C1CC1. The van der Waals surface area contributed by atoms with Gasteiger partial charge in [0.1, 0.15) is 6.04 Å². The van der Waals surface area contributed by atoms with Gasteiger partial charge < -0.3 is 5.73 Å². The highest BCUT2D eigenvalue weighted by molar-refractivity contribution is 7.09. The molecule has 1 aliphatic rings. The minimum atomic E-state index is -0.408. The third kappa shape index (κ3) is 2.92. The van der Waals surface area contributed by atoms with Crippen LogP contribution < -0.4 is 11.1 Å². The summed E-state index contributed by atoms with van der Waals surface area (Å²) in [7, 11) is 0. The number of carbonyl (C=O) groups is 1. The van der Waals surface area contributed by atoms with Crippen molar-refractivity contribution in [3.63, 3.8) is 0 Å². The molecule has 1 heterocycles. The van der Waals surface area contributed by atoms with Crippen molar-refractivity contribution < 1.29 is 4.79 Å². The Bertz CT molecular complexity index is 590. The fourth-order valence-corrected chi connectivity index (χ4v) is 3.18. The van der Waals surface area contributed by atoms with Gasteiger partial charge in [-0.05, 0) is 41.3 Å². The second-order valence-electron chi connectivity index (χ2n) is 5.20. The van der Waals surface area contributed by atoms with Gasteiger partial charge in [-0.3, -0.25) is 10.1 Å². The summed E-state index contributed by atoms with van der Waals surface area (Å²) >= 11 is 1.68. The van der Waals surface area contributed by atoms with Crippen molar-refractivity contribution in [1.29, 1.82) is 0 Å². The predicted octanol–water partition coefficient (Wildman–Crippen LogP) is 2.94. The van der Waals surface area contributed by atoms with E-state index in [1.807, 2.05) is 29.6 Å². The van der Waals surface area contributed by atoms with Crippen molar-refractivity contribution >= 4 is 17.2 Å². The normalized spacial score (nSPS) is 16.0. The number of nitrogens with one attached hydrogen (secondary N) is 1. The quantitative estimate of drug-likeness (QED) is 0.858. The number of thiophene rings is 1. The first-order valence-electron chi connectivity index (χ1n) is 6.89. The van der Waals surface area contributed by atoms with Crippen LogP contribution in [0.2, 0.25) is 0 Å². The molecule has 1 unspecified atom stereocenters. The van der Waals surface area contributed by atoms with E-state index in [1.54, 1.807) is 11.3 Å². The number of hydrogen-bond acceptors (Lipinski definition) is 3. The minimum absolute atomic E-state index is 0.311. The van der Waals surface area contributed by atoms with Crippen LogP contribution >= 0.6 is 11.3 Å². The van der Waals surface area contributed by atoms with Crippen LogP contribution in [0, 0.1) is 0 Å². The van der Waals surface area contributed by atoms with E-state index in [0.29, 0.717) is 12.5 Å². The Labute approximate surface area is 122 Å². The molecular weight excluding hydrogens is 268 g/mol. The molecule has 1 atom stereocenters. The fourth-order valence-electron chi connectivity index (χ4n) is 2.52. The van der Waals surface area contributed by atoms with Crippen molar-refractivity contribution in [3.05, 3.63) is 57.8 Å². The molecule has 104 valence electrons. The van der Waals surface area contributed by atoms with Crippen LogP contribution in [0.1, 0.15) is 40.8 Å². The number of nitrogens with two attached hydrogens (primary N) is 1. The summed E-state index contributed by atoms with van der Waals surface area (Å²) in [6.45, 7) is 0.671. The Morgan fingerprint density at radius 1 is 1.30 bits per heavy atom. The molecule has 3 rings (SSSR count). The van der Waals surface area contributed by atoms with E-state index < -0.39 is 6.04 Å². The number of primary amides is 1. The zero-order valence-electron chi connectivity index (χ0n) is 11.2. The largest absolute Gasteiger partial charge is 0.368 e. The predicted molar refractivity (Wildman–Crippen MR) is 81.5 cm³/mol. The molecule has 0 aliphatic heterocycles. The molecule has 0 saturated heterocycles. The number of benzene rings is 1. The van der Waals surface area contributed by atoms with Crippen LogP contribution in [0.25, 0.3) is 0 Å². The average Bonchev–Trinajstić information content (AvgIpc) is 3.16. The highest BCUT2D eigenvalue weighted by Gasteiger charge is 2.29. The molecule has 1 fully saturated rings. The lowest BCUT2D eigenvalue weighted by Gasteiger charge is -2.19. The maximum Gasteiger partial charge on any atom is 0.239 e. The van der Waals surface area contributed by atoms with E-state index in [-0.39, 0.29) is 5.91 Å². The first kappa shape index (κ1) is 13.3. The molecule has 1 amide bonds. The van der Waals surface area contributed by atoms with Gasteiger partial charge in [-0.15, -0.1) is 11.3 Å². The van der Waals surface area contributed by atoms with Gasteiger partial charge in [0.15, 0.2) is 0 Å². The van der Waals surface area contributed by atoms with Gasteiger partial charge in [-0.1, -0.05) is 30.3 Å². The second-order valence-corrected chi connectivity index (χ2v) is 6.23. The van der Waals surface area contributed by atoms with Gasteiger partial charge in [-0.2, -0.15) is 0 Å². The van der Waals surface area contributed by atoms with E-state index in [2.05, 4.69) is 17.4 Å². The fraction of sp³-hybridized carbons (Fsp3) is 0.312. The maximum atomic E-state index is 11.8. The molecule has 20 heavy (non-hydrogen) atoms. The molecule has 0 spiro atoms. The van der Waals surface area contributed by atoms with E-state index in [1.165, 1.54) is 23.3 Å². The van der Waals surface area contributed by atoms with Gasteiger partial charge >= 0.3 is 0 Å². The summed E-state index contributed by atoms with van der Waals surface area (Å²) in [5.41, 5.74) is 7.91. The van der Waals surface area contributed by atoms with E-state index in [0.717, 1.165) is 5.56 Å². The third-order valence-electron chi connectivity index (χ3n) is 3.67. The molecule has 0 radical (unpaired) electrons. The Balaban J connectivity index is 1.81. The zero-order valence-corrected chi connectivity index (χ0v) is 12.0. The number of rotatable bonds is 6. The van der Waals surface area contributed by atoms with Crippen molar-refractivity contribution in [3.8, 4) is 0 Å². The minimum Gasteiger partial charge on any atom is -0.368 e. The van der Waals surface area contributed by atoms with Gasteiger partial charge in [0.05, 0.1) is 0 Å². The molecule has 1 aromatic heterocycles. The zero-order chi connectivity index (χ0) is 13.9. The molecule has 0 bridgehead atoms. The first-order chi connectivity index (χ1) is 9.75. The third-order valence-corrected chi connectivity index (χ3v) is 4.55. The van der Waals surface area contributed by atoms with E-state index in [9.17, 15) is 4.79 Å². The van der Waals surface area contributed by atoms with Crippen molar-refractivity contribution in [1.82, 2.24) is 5.32 Å². The molecule has 2 aromatic rings. The topological polar surface area (TPSA) is 55.1 Å². The Morgan fingerprint density at radius 2 is 2.10 bits per heavy atom. The van der Waals surface area contributed by atoms with Crippen LogP contribution in [-0.4, -0.2) is 5.91 Å². The summed E-state index contributed by atoms with van der Waals surface area (Å²) in [5, 5.41) is 5.33. The monoisotopic (exact) mass is 286 g/mol. The summed E-state index contributed by atoms with van der Waals surface area (Å²) in [4.78, 5) is 13.0. The van der Waals surface area contributed by atoms with Crippen LogP contribution in [0.4, 0.5) is 0 Å². The Morgan fingerprint density at radius 3 is 2.75 bits per heavy atom. The summed E-state index contributed by atoms with van der Waals surface area (Å²) < 4.78 is 0. The molecule has 3 N–H and O–H groups in total. The Kier molecular flexibility index (Phi) is 3.85. The lowest BCUT2D eigenvalue weighted by Crippen LogP contribution is -2.33. The molecule has 1 aliphatic carbocycles. The smallest absolute Gasteiger partial charge is 0.239 e. The summed E-state index contributed by atoms with van der Waals surface area (Å²) in [6.07, 6.45) is 2.43. The lowest BCUT2D eigenvalue weighted by atomic mass is 9.96. The van der Waals surface area contributed by atoms with Gasteiger partial charge in [0, 0.05) is 11.4 Å². The highest BCUT2D eigenvalue weighted by Crippen LogP contribution is 2.42. The van der Waals surface area contributed by atoms with Gasteiger partial charge in [0.25, 0.3) is 0 Å². The van der Waals surface area contributed by atoms with Crippen LogP contribution in [0.3, 0.4) is 0 Å². The maximum absolute atomic E-state index is 11.8. The summed E-state index contributed by atoms with van der Waals surface area (Å²) in [5.74, 6) is 0.297. The Hall–Kier alpha value is -1.65. The number of carbonyl (C=O) groups excluding carboxylic acids is 1. The number of hydrogen-bond donors (Lipinski definition) is 2. The van der Waals surface area contributed by atoms with Crippen LogP contribution in [0.5, 0.6) is 0 Å². The standard InChI is InChI=1S/C16H18N2OS/c17-16(19)15(18-10-12-4-3-9-20-12)14-6-2-1-5-13(14)11-7-8-11/h1-6,9,11,15,18H,7-8,10H2,(H2,17,19). The molecule has 4 heteroatoms. The lowest BCUT2D eigenvalue weighted by molar-refractivity contribution is -0.120. The highest BCUT2D eigenvalue weighted by atomic mass is 32.1. The van der Waals surface area contributed by atoms with E-state index in [4.69, 9.17) is 5.73 Å². The van der Waals surface area contributed by atoms with Crippen molar-refractivity contribution in [2.45, 2.75) is 31.3 Å². The van der Waals surface area contributed by atoms with Gasteiger partial charge in [-0.25, -0.2) is 0 Å². The van der Waals surface area contributed by atoms with Crippen molar-refractivity contribution in [2.75, 3.05) is 0 Å². The first-order valence-corrected chi connectivity index (χ1v) is 7.77. The summed E-state index contributed by atoms with van der Waals surface area (Å²) in [6, 6.07) is 11.8. The second kappa shape index (κ2) is 5.77. The molecule has 1 aromatic carbocycles. The molecule has 3 nitrogen and oxygen atoms in total. The van der Waals surface area contributed by atoms with Crippen LogP contribution in [-0.2, 0) is 11.3 Å². The average molecular weight is 286 g/mol. The van der Waals surface area contributed by atoms with Gasteiger partial charge in [0.2, 0.25) is 5.91 Å². The van der Waals surface area contributed by atoms with Crippen LogP contribution in [0.15, 0.2) is 41.8 Å². The number of amides is 1. The van der Waals surface area contributed by atoms with E-state index >= 15 is 0 Å². The molecular formula is C16H18N2OS.